The van der Waals surface area contributed by atoms with Gasteiger partial charge < -0.3 is 21.1 Å². The number of nitrogens with one attached hydrogen (secondary N) is 3. The topological polar surface area (TPSA) is 85.8 Å². The highest BCUT2D eigenvalue weighted by molar-refractivity contribution is 5.94. The standard InChI is InChI=1S/C22H36N4O2/c1-3-23-20(28)19-10-8-18(9-11-19)16-25-21(24-4-2)26-17-22(14-15-27)12-6-5-7-13-22/h8-11,27H,3-7,12-17H2,1-2H3,(H,23,28)(H2,24,25,26). The van der Waals surface area contributed by atoms with Gasteiger partial charge in [0, 0.05) is 31.8 Å². The molecule has 1 amide bonds. The minimum atomic E-state index is -0.0470. The van der Waals surface area contributed by atoms with Gasteiger partial charge in [-0.05, 0) is 56.2 Å². The molecule has 0 bridgehead atoms. The van der Waals surface area contributed by atoms with Crippen molar-refractivity contribution in [2.45, 2.75) is 58.9 Å². The summed E-state index contributed by atoms with van der Waals surface area (Å²) in [4.78, 5) is 16.6. The van der Waals surface area contributed by atoms with Crippen LogP contribution in [0.25, 0.3) is 0 Å². The van der Waals surface area contributed by atoms with E-state index in [0.29, 0.717) is 18.7 Å². The first-order chi connectivity index (χ1) is 13.6. The number of amides is 1. The Hall–Kier alpha value is -2.08. The van der Waals surface area contributed by atoms with Crippen LogP contribution in [0.15, 0.2) is 29.3 Å². The van der Waals surface area contributed by atoms with Gasteiger partial charge in [0.1, 0.15) is 0 Å². The Morgan fingerprint density at radius 2 is 1.71 bits per heavy atom. The first-order valence-electron chi connectivity index (χ1n) is 10.6. The Morgan fingerprint density at radius 1 is 1.04 bits per heavy atom. The Balaban J connectivity index is 1.96. The zero-order chi connectivity index (χ0) is 20.2. The second-order valence-electron chi connectivity index (χ2n) is 7.64. The molecule has 1 aliphatic rings. The highest BCUT2D eigenvalue weighted by atomic mass is 16.3. The Morgan fingerprint density at radius 3 is 2.32 bits per heavy atom. The number of carbonyl (C=O) groups excluding carboxylic acids is 1. The predicted octanol–water partition coefficient (Wildman–Crippen LogP) is 2.82. The maximum atomic E-state index is 11.8. The molecule has 156 valence electrons. The zero-order valence-electron chi connectivity index (χ0n) is 17.4. The highest BCUT2D eigenvalue weighted by Gasteiger charge is 2.31. The number of carbonyl (C=O) groups is 1. The summed E-state index contributed by atoms with van der Waals surface area (Å²) in [7, 11) is 0. The van der Waals surface area contributed by atoms with Crippen molar-refractivity contribution in [3.05, 3.63) is 35.4 Å². The Kier molecular flexibility index (Phi) is 9.28. The van der Waals surface area contributed by atoms with E-state index in [-0.39, 0.29) is 17.9 Å². The van der Waals surface area contributed by atoms with Gasteiger partial charge in [0.05, 0.1) is 6.54 Å². The van der Waals surface area contributed by atoms with E-state index in [2.05, 4.69) is 22.9 Å². The molecule has 1 aromatic carbocycles. The fourth-order valence-corrected chi connectivity index (χ4v) is 3.86. The molecule has 0 spiro atoms. The first kappa shape index (κ1) is 22.2. The minimum absolute atomic E-state index is 0.0470. The number of rotatable bonds is 9. The summed E-state index contributed by atoms with van der Waals surface area (Å²) in [6.07, 6.45) is 6.97. The third kappa shape index (κ3) is 6.82. The summed E-state index contributed by atoms with van der Waals surface area (Å²) < 4.78 is 0. The molecule has 6 heteroatoms. The summed E-state index contributed by atoms with van der Waals surface area (Å²) in [5, 5.41) is 19.1. The molecule has 0 heterocycles. The van der Waals surface area contributed by atoms with Crippen LogP contribution in [-0.4, -0.2) is 43.2 Å². The molecule has 1 aliphatic carbocycles. The second kappa shape index (κ2) is 11.7. The number of benzene rings is 1. The molecule has 1 fully saturated rings. The molecule has 1 saturated carbocycles. The molecule has 4 N–H and O–H groups in total. The van der Waals surface area contributed by atoms with Crippen LogP contribution in [0.2, 0.25) is 0 Å². The van der Waals surface area contributed by atoms with Gasteiger partial charge in [0.15, 0.2) is 5.96 Å². The third-order valence-electron chi connectivity index (χ3n) is 5.50. The van der Waals surface area contributed by atoms with Crippen LogP contribution < -0.4 is 16.0 Å². The van der Waals surface area contributed by atoms with Gasteiger partial charge in [0.25, 0.3) is 5.91 Å². The average Bonchev–Trinajstić information content (AvgIpc) is 2.71. The maximum Gasteiger partial charge on any atom is 0.251 e. The minimum Gasteiger partial charge on any atom is -0.396 e. The molecule has 28 heavy (non-hydrogen) atoms. The molecule has 6 nitrogen and oxygen atoms in total. The van der Waals surface area contributed by atoms with Crippen molar-refractivity contribution in [2.75, 3.05) is 26.2 Å². The molecule has 0 aliphatic heterocycles. The predicted molar refractivity (Wildman–Crippen MR) is 114 cm³/mol. The second-order valence-corrected chi connectivity index (χ2v) is 7.64. The van der Waals surface area contributed by atoms with E-state index in [1.807, 2.05) is 31.2 Å². The van der Waals surface area contributed by atoms with Crippen molar-refractivity contribution in [1.82, 2.24) is 16.0 Å². The summed E-state index contributed by atoms with van der Waals surface area (Å²) in [6, 6.07) is 7.58. The lowest BCUT2D eigenvalue weighted by atomic mass is 9.72. The van der Waals surface area contributed by atoms with Crippen molar-refractivity contribution in [3.8, 4) is 0 Å². The number of aliphatic imine (C=N–C) groups is 1. The van der Waals surface area contributed by atoms with E-state index in [9.17, 15) is 9.90 Å². The summed E-state index contributed by atoms with van der Waals surface area (Å²) in [6.45, 7) is 7.03. The summed E-state index contributed by atoms with van der Waals surface area (Å²) >= 11 is 0. The van der Waals surface area contributed by atoms with Crippen molar-refractivity contribution >= 4 is 11.9 Å². The van der Waals surface area contributed by atoms with E-state index in [4.69, 9.17) is 4.99 Å². The van der Waals surface area contributed by atoms with Gasteiger partial charge >= 0.3 is 0 Å². The molecule has 0 unspecified atom stereocenters. The van der Waals surface area contributed by atoms with Crippen LogP contribution >= 0.6 is 0 Å². The van der Waals surface area contributed by atoms with Crippen molar-refractivity contribution in [2.24, 2.45) is 10.4 Å². The molecule has 0 radical (unpaired) electrons. The quantitative estimate of drug-likeness (QED) is 0.387. The van der Waals surface area contributed by atoms with Crippen molar-refractivity contribution in [3.63, 3.8) is 0 Å². The smallest absolute Gasteiger partial charge is 0.251 e. The number of hydrogen-bond donors (Lipinski definition) is 4. The van der Waals surface area contributed by atoms with Crippen LogP contribution in [0.1, 0.15) is 68.3 Å². The van der Waals surface area contributed by atoms with E-state index in [0.717, 1.165) is 31.0 Å². The van der Waals surface area contributed by atoms with Gasteiger partial charge in [0.2, 0.25) is 0 Å². The van der Waals surface area contributed by atoms with Gasteiger partial charge in [-0.25, -0.2) is 4.99 Å². The van der Waals surface area contributed by atoms with Gasteiger partial charge in [-0.1, -0.05) is 31.4 Å². The summed E-state index contributed by atoms with van der Waals surface area (Å²) in [5.41, 5.74) is 1.91. The molecular weight excluding hydrogens is 352 g/mol. The monoisotopic (exact) mass is 388 g/mol. The lowest BCUT2D eigenvalue weighted by Crippen LogP contribution is -2.44. The number of guanidine groups is 1. The third-order valence-corrected chi connectivity index (χ3v) is 5.50. The highest BCUT2D eigenvalue weighted by Crippen LogP contribution is 2.38. The fraction of sp³-hybridized carbons (Fsp3) is 0.636. The fourth-order valence-electron chi connectivity index (χ4n) is 3.86. The Labute approximate surface area is 169 Å². The van der Waals surface area contributed by atoms with E-state index >= 15 is 0 Å². The van der Waals surface area contributed by atoms with Gasteiger partial charge in [-0.15, -0.1) is 0 Å². The molecule has 0 aromatic heterocycles. The molecule has 1 aromatic rings. The van der Waals surface area contributed by atoms with E-state index in [1.54, 1.807) is 0 Å². The SMILES string of the molecule is CCNC(=O)c1ccc(CN=C(NCC)NCC2(CCO)CCCCC2)cc1. The molecule has 2 rings (SSSR count). The lowest BCUT2D eigenvalue weighted by molar-refractivity contribution is 0.0956. The summed E-state index contributed by atoms with van der Waals surface area (Å²) in [5.74, 6) is 0.757. The first-order valence-corrected chi connectivity index (χ1v) is 10.6. The number of hydrogen-bond acceptors (Lipinski definition) is 3. The normalized spacial score (nSPS) is 16.5. The number of aliphatic hydroxyl groups is 1. The van der Waals surface area contributed by atoms with Gasteiger partial charge in [-0.2, -0.15) is 0 Å². The van der Waals surface area contributed by atoms with Gasteiger partial charge in [-0.3, -0.25) is 4.79 Å². The molecular formula is C22H36N4O2. The number of nitrogens with zero attached hydrogens (tertiary/aromatic N) is 1. The molecule has 0 atom stereocenters. The van der Waals surface area contributed by atoms with Crippen molar-refractivity contribution < 1.29 is 9.90 Å². The van der Waals surface area contributed by atoms with Crippen LogP contribution in [-0.2, 0) is 6.54 Å². The Bertz CT molecular complexity index is 616. The van der Waals surface area contributed by atoms with E-state index in [1.165, 1.54) is 32.1 Å². The van der Waals surface area contributed by atoms with Crippen LogP contribution in [0.4, 0.5) is 0 Å². The average molecular weight is 389 g/mol. The van der Waals surface area contributed by atoms with Crippen LogP contribution in [0.5, 0.6) is 0 Å². The van der Waals surface area contributed by atoms with Crippen molar-refractivity contribution in [1.29, 1.82) is 0 Å². The number of aliphatic hydroxyl groups excluding tert-OH is 1. The zero-order valence-corrected chi connectivity index (χ0v) is 17.4. The van der Waals surface area contributed by atoms with Crippen LogP contribution in [0.3, 0.4) is 0 Å². The largest absolute Gasteiger partial charge is 0.396 e. The maximum absolute atomic E-state index is 11.8. The van der Waals surface area contributed by atoms with E-state index < -0.39 is 0 Å². The lowest BCUT2D eigenvalue weighted by Gasteiger charge is -2.37. The molecule has 0 saturated heterocycles. The van der Waals surface area contributed by atoms with Crippen LogP contribution in [0, 0.1) is 5.41 Å².